The fourth-order valence-electron chi connectivity index (χ4n) is 1.51. The molecule has 1 fully saturated rings. The Labute approximate surface area is 68.0 Å². The molecule has 3 nitrogen and oxygen atoms in total. The first-order valence-corrected chi connectivity index (χ1v) is 4.17. The van der Waals surface area contributed by atoms with Gasteiger partial charge >= 0.3 is 0 Å². The van der Waals surface area contributed by atoms with Gasteiger partial charge in [-0.2, -0.15) is 0 Å². The molecule has 0 aromatic rings. The molecule has 0 aromatic carbocycles. The maximum absolute atomic E-state index is 9.12. The Kier molecular flexibility index (Phi) is 2.87. The Morgan fingerprint density at radius 2 is 2.27 bits per heavy atom. The summed E-state index contributed by atoms with van der Waals surface area (Å²) in [6.07, 6.45) is 0.217. The first-order valence-electron chi connectivity index (χ1n) is 4.17. The lowest BCUT2D eigenvalue weighted by molar-refractivity contribution is 0.00638. The highest BCUT2D eigenvalue weighted by Crippen LogP contribution is 2.14. The molecule has 0 aliphatic carbocycles. The second-order valence-corrected chi connectivity index (χ2v) is 3.35. The summed E-state index contributed by atoms with van der Waals surface area (Å²) >= 11 is 0. The lowest BCUT2D eigenvalue weighted by atomic mass is 10.3. The molecule has 0 bridgehead atoms. The van der Waals surface area contributed by atoms with E-state index in [9.17, 15) is 0 Å². The number of rotatable bonds is 2. The second kappa shape index (κ2) is 3.52. The molecule has 11 heavy (non-hydrogen) atoms. The van der Waals surface area contributed by atoms with E-state index in [4.69, 9.17) is 9.84 Å². The average molecular weight is 159 g/mol. The van der Waals surface area contributed by atoms with Gasteiger partial charge in [0.05, 0.1) is 12.2 Å². The molecule has 3 heteroatoms. The van der Waals surface area contributed by atoms with Crippen LogP contribution in [0.25, 0.3) is 0 Å². The van der Waals surface area contributed by atoms with Crippen molar-refractivity contribution in [1.82, 2.24) is 4.90 Å². The van der Waals surface area contributed by atoms with Crippen LogP contribution in [0.4, 0.5) is 0 Å². The van der Waals surface area contributed by atoms with Crippen molar-refractivity contribution in [3.8, 4) is 0 Å². The zero-order valence-electron chi connectivity index (χ0n) is 7.45. The molecule has 1 aliphatic rings. The van der Waals surface area contributed by atoms with Crippen LogP contribution in [-0.2, 0) is 4.74 Å². The summed E-state index contributed by atoms with van der Waals surface area (Å²) in [5.74, 6) is 0. The third-order valence-corrected chi connectivity index (χ3v) is 1.93. The van der Waals surface area contributed by atoms with Gasteiger partial charge in [-0.1, -0.05) is 0 Å². The minimum absolute atomic E-state index is 0.166. The zero-order valence-corrected chi connectivity index (χ0v) is 7.45. The van der Waals surface area contributed by atoms with Crippen molar-refractivity contribution >= 4 is 0 Å². The van der Waals surface area contributed by atoms with E-state index in [2.05, 4.69) is 11.8 Å². The van der Waals surface area contributed by atoms with Crippen LogP contribution >= 0.6 is 0 Å². The van der Waals surface area contributed by atoms with Gasteiger partial charge in [-0.25, -0.2) is 0 Å². The van der Waals surface area contributed by atoms with Crippen molar-refractivity contribution in [2.24, 2.45) is 0 Å². The van der Waals surface area contributed by atoms with Crippen LogP contribution in [-0.4, -0.2) is 41.5 Å². The Balaban J connectivity index is 2.34. The Bertz CT molecular complexity index is 127. The number of aliphatic hydroxyl groups excluding tert-OH is 1. The molecule has 1 N–H and O–H groups in total. The van der Waals surface area contributed by atoms with Gasteiger partial charge in [0.2, 0.25) is 0 Å². The summed E-state index contributed by atoms with van der Waals surface area (Å²) in [7, 11) is 0. The first-order chi connectivity index (χ1) is 5.09. The largest absolute Gasteiger partial charge is 0.392 e. The number of hydrogen-bond acceptors (Lipinski definition) is 3. The highest BCUT2D eigenvalue weighted by atomic mass is 16.5. The van der Waals surface area contributed by atoms with Gasteiger partial charge in [-0.05, 0) is 20.8 Å². The van der Waals surface area contributed by atoms with Crippen molar-refractivity contribution in [1.29, 1.82) is 0 Å². The molecule has 1 heterocycles. The summed E-state index contributed by atoms with van der Waals surface area (Å²) in [6.45, 7) is 7.53. The van der Waals surface area contributed by atoms with Crippen LogP contribution in [0.3, 0.4) is 0 Å². The molecule has 1 aliphatic heterocycles. The minimum atomic E-state index is -0.258. The molecular weight excluding hydrogens is 142 g/mol. The molecule has 3 unspecified atom stereocenters. The fraction of sp³-hybridized carbons (Fsp3) is 1.00. The molecule has 0 saturated carbocycles. The van der Waals surface area contributed by atoms with E-state index in [0.29, 0.717) is 12.6 Å². The third kappa shape index (κ3) is 2.43. The first kappa shape index (κ1) is 8.97. The van der Waals surface area contributed by atoms with E-state index in [1.165, 1.54) is 0 Å². The van der Waals surface area contributed by atoms with Gasteiger partial charge in [0.25, 0.3) is 0 Å². The van der Waals surface area contributed by atoms with Crippen molar-refractivity contribution < 1.29 is 9.84 Å². The molecule has 0 spiro atoms. The standard InChI is InChI=1S/C8H17NO2/c1-6(10)4-9-5-7(2)11-8(9)3/h6-8,10H,4-5H2,1-3H3. The SMILES string of the molecule is CC(O)CN1CC(C)OC1C. The quantitative estimate of drug-likeness (QED) is 0.634. The predicted octanol–water partition coefficient (Wildman–Crippen LogP) is 0.434. The number of hydrogen-bond donors (Lipinski definition) is 1. The fourth-order valence-corrected chi connectivity index (χ4v) is 1.51. The van der Waals surface area contributed by atoms with Crippen molar-refractivity contribution in [3.05, 3.63) is 0 Å². The van der Waals surface area contributed by atoms with Crippen molar-refractivity contribution in [2.75, 3.05) is 13.1 Å². The lowest BCUT2D eigenvalue weighted by Gasteiger charge is -2.20. The van der Waals surface area contributed by atoms with Gasteiger partial charge in [0.15, 0.2) is 0 Å². The highest BCUT2D eigenvalue weighted by Gasteiger charge is 2.26. The molecule has 1 saturated heterocycles. The lowest BCUT2D eigenvalue weighted by Crippen LogP contribution is -2.34. The predicted molar refractivity (Wildman–Crippen MR) is 43.3 cm³/mol. The summed E-state index contributed by atoms with van der Waals surface area (Å²) in [5.41, 5.74) is 0. The van der Waals surface area contributed by atoms with Crippen LogP contribution < -0.4 is 0 Å². The van der Waals surface area contributed by atoms with Crippen LogP contribution in [0.15, 0.2) is 0 Å². The second-order valence-electron chi connectivity index (χ2n) is 3.35. The summed E-state index contributed by atoms with van der Waals surface area (Å²) in [4.78, 5) is 2.15. The molecule has 1 rings (SSSR count). The number of ether oxygens (including phenoxy) is 1. The molecular formula is C8H17NO2. The van der Waals surface area contributed by atoms with Crippen molar-refractivity contribution in [3.63, 3.8) is 0 Å². The third-order valence-electron chi connectivity index (χ3n) is 1.93. The van der Waals surface area contributed by atoms with Crippen LogP contribution in [0.5, 0.6) is 0 Å². The highest BCUT2D eigenvalue weighted by molar-refractivity contribution is 4.73. The Hall–Kier alpha value is -0.120. The van der Waals surface area contributed by atoms with Crippen LogP contribution in [0, 0.1) is 0 Å². The Morgan fingerprint density at radius 1 is 1.64 bits per heavy atom. The van der Waals surface area contributed by atoms with Gasteiger partial charge in [0.1, 0.15) is 6.23 Å². The number of β-amino-alcohol motifs (C(OH)–C–C–N with tert-alkyl or cyclic N) is 1. The van der Waals surface area contributed by atoms with Crippen molar-refractivity contribution in [2.45, 2.75) is 39.2 Å². The van der Waals surface area contributed by atoms with E-state index in [1.807, 2.05) is 6.92 Å². The summed E-state index contributed by atoms with van der Waals surface area (Å²) in [5, 5.41) is 9.12. The Morgan fingerprint density at radius 3 is 2.64 bits per heavy atom. The van der Waals surface area contributed by atoms with E-state index < -0.39 is 0 Å². The number of nitrogens with zero attached hydrogens (tertiary/aromatic N) is 1. The van der Waals surface area contributed by atoms with Gasteiger partial charge in [-0.15, -0.1) is 0 Å². The smallest absolute Gasteiger partial charge is 0.108 e. The zero-order chi connectivity index (χ0) is 8.43. The monoisotopic (exact) mass is 159 g/mol. The van der Waals surface area contributed by atoms with E-state index in [0.717, 1.165) is 6.54 Å². The van der Waals surface area contributed by atoms with Gasteiger partial charge in [-0.3, -0.25) is 4.90 Å². The van der Waals surface area contributed by atoms with E-state index >= 15 is 0 Å². The van der Waals surface area contributed by atoms with Crippen LogP contribution in [0.2, 0.25) is 0 Å². The molecule has 3 atom stereocenters. The average Bonchev–Trinajstić information content (AvgIpc) is 2.09. The molecule has 66 valence electrons. The normalized spacial score (nSPS) is 36.0. The van der Waals surface area contributed by atoms with Gasteiger partial charge < -0.3 is 9.84 Å². The maximum Gasteiger partial charge on any atom is 0.108 e. The molecule has 0 amide bonds. The number of aliphatic hydroxyl groups is 1. The van der Waals surface area contributed by atoms with Gasteiger partial charge in [0, 0.05) is 13.1 Å². The molecule has 0 aromatic heterocycles. The summed E-state index contributed by atoms with van der Waals surface area (Å²) < 4.78 is 5.49. The van der Waals surface area contributed by atoms with E-state index in [-0.39, 0.29) is 12.3 Å². The minimum Gasteiger partial charge on any atom is -0.392 e. The topological polar surface area (TPSA) is 32.7 Å². The van der Waals surface area contributed by atoms with Crippen LogP contribution in [0.1, 0.15) is 20.8 Å². The summed E-state index contributed by atoms with van der Waals surface area (Å²) in [6, 6.07) is 0. The molecule has 0 radical (unpaired) electrons. The maximum atomic E-state index is 9.12. The van der Waals surface area contributed by atoms with E-state index in [1.54, 1.807) is 6.92 Å².